The van der Waals surface area contributed by atoms with Crippen LogP contribution in [0.3, 0.4) is 0 Å². The van der Waals surface area contributed by atoms with Crippen LogP contribution in [0.25, 0.3) is 0 Å². The fourth-order valence-corrected chi connectivity index (χ4v) is 0.631. The molecular weight excluding hydrogens is 154 g/mol. The minimum atomic E-state index is -0.0806. The molecule has 0 aromatic carbocycles. The lowest BCUT2D eigenvalue weighted by molar-refractivity contribution is 0.276. The molecule has 70 valence electrons. The summed E-state index contributed by atoms with van der Waals surface area (Å²) in [5, 5.41) is 17.3. The van der Waals surface area contributed by atoms with Gasteiger partial charge in [0.1, 0.15) is 0 Å². The first-order valence-corrected chi connectivity index (χ1v) is 3.91. The topological polar surface area (TPSA) is 43.7 Å². The number of allylic oxidation sites excluding steroid dienone is 2. The van der Waals surface area contributed by atoms with Gasteiger partial charge in [0.2, 0.25) is 0 Å². The van der Waals surface area contributed by atoms with Crippen molar-refractivity contribution in [2.45, 2.75) is 0 Å². The minimum absolute atomic E-state index is 0.0806. The molecule has 0 unspecified atom stereocenters. The van der Waals surface area contributed by atoms with Crippen molar-refractivity contribution in [3.63, 3.8) is 0 Å². The first-order valence-electron chi connectivity index (χ1n) is 3.91. The largest absolute Gasteiger partial charge is 0.392 e. The van der Waals surface area contributed by atoms with E-state index in [-0.39, 0.29) is 13.2 Å². The highest BCUT2D eigenvalue weighted by Crippen LogP contribution is 1.91. The van der Waals surface area contributed by atoms with Crippen molar-refractivity contribution in [2.75, 3.05) is 33.9 Å². The molecule has 0 rings (SSSR count). The molecule has 0 saturated carbocycles. The number of aliphatic hydroxyl groups is 2. The second-order valence-corrected chi connectivity index (χ2v) is 2.83. The lowest BCUT2D eigenvalue weighted by Gasteiger charge is -2.02. The molecule has 0 atom stereocenters. The summed E-state index contributed by atoms with van der Waals surface area (Å²) in [5.74, 6) is 0. The third kappa shape index (κ3) is 6.09. The van der Waals surface area contributed by atoms with E-state index in [2.05, 4.69) is 0 Å². The summed E-state index contributed by atoms with van der Waals surface area (Å²) in [4.78, 5) is 2.03. The summed E-state index contributed by atoms with van der Waals surface area (Å²) in [6, 6.07) is 0. The Kier molecular flexibility index (Phi) is 6.66. The summed E-state index contributed by atoms with van der Waals surface area (Å²) in [7, 11) is 3.96. The molecule has 2 N–H and O–H groups in total. The zero-order valence-corrected chi connectivity index (χ0v) is 7.70. The van der Waals surface area contributed by atoms with Crippen molar-refractivity contribution in [1.82, 2.24) is 4.90 Å². The first-order chi connectivity index (χ1) is 5.70. The molecule has 0 fully saturated rings. The van der Waals surface area contributed by atoms with Gasteiger partial charge >= 0.3 is 0 Å². The van der Waals surface area contributed by atoms with Gasteiger partial charge in [-0.2, -0.15) is 0 Å². The van der Waals surface area contributed by atoms with Gasteiger partial charge in [-0.25, -0.2) is 0 Å². The van der Waals surface area contributed by atoms with Crippen molar-refractivity contribution in [3.8, 4) is 0 Å². The molecule has 0 aromatic rings. The molecule has 0 saturated heterocycles. The molecule has 3 nitrogen and oxygen atoms in total. The van der Waals surface area contributed by atoms with Crippen LogP contribution in [0, 0.1) is 0 Å². The Balaban J connectivity index is 3.76. The molecule has 0 spiro atoms. The fourth-order valence-electron chi connectivity index (χ4n) is 0.631. The van der Waals surface area contributed by atoms with E-state index in [0.717, 1.165) is 6.54 Å². The second kappa shape index (κ2) is 7.03. The van der Waals surface area contributed by atoms with Gasteiger partial charge in [-0.05, 0) is 19.7 Å². The first kappa shape index (κ1) is 11.4. The van der Waals surface area contributed by atoms with Gasteiger partial charge in [0.25, 0.3) is 0 Å². The van der Waals surface area contributed by atoms with Gasteiger partial charge < -0.3 is 15.1 Å². The molecule has 0 radical (unpaired) electrons. The maximum atomic E-state index is 8.66. The van der Waals surface area contributed by atoms with Crippen molar-refractivity contribution in [3.05, 3.63) is 23.8 Å². The molecule has 0 amide bonds. The summed E-state index contributed by atoms with van der Waals surface area (Å²) in [6.07, 6.45) is 5.52. The average Bonchev–Trinajstić information content (AvgIpc) is 2.04. The number of hydrogen-bond acceptors (Lipinski definition) is 3. The van der Waals surface area contributed by atoms with E-state index in [1.807, 2.05) is 31.1 Å². The summed E-state index contributed by atoms with van der Waals surface area (Å²) in [6.45, 7) is 0.701. The number of aliphatic hydroxyl groups excluding tert-OH is 2. The van der Waals surface area contributed by atoms with E-state index in [0.29, 0.717) is 5.57 Å². The number of likely N-dealkylation sites (N-methyl/N-ethyl adjacent to an activating group) is 1. The predicted molar refractivity (Wildman–Crippen MR) is 49.9 cm³/mol. The minimum Gasteiger partial charge on any atom is -0.392 e. The molecule has 0 aromatic heterocycles. The van der Waals surface area contributed by atoms with Gasteiger partial charge in [-0.1, -0.05) is 18.2 Å². The molecule has 0 heterocycles. The number of hydrogen-bond donors (Lipinski definition) is 2. The van der Waals surface area contributed by atoms with Gasteiger partial charge in [-0.15, -0.1) is 0 Å². The van der Waals surface area contributed by atoms with Crippen LogP contribution in [-0.4, -0.2) is 49.0 Å². The van der Waals surface area contributed by atoms with Crippen LogP contribution in [0.2, 0.25) is 0 Å². The van der Waals surface area contributed by atoms with Gasteiger partial charge in [0.05, 0.1) is 13.2 Å². The van der Waals surface area contributed by atoms with Crippen molar-refractivity contribution < 1.29 is 10.2 Å². The second-order valence-electron chi connectivity index (χ2n) is 2.83. The lowest BCUT2D eigenvalue weighted by atomic mass is 10.2. The summed E-state index contributed by atoms with van der Waals surface area (Å²) in [5.41, 5.74) is 0.630. The summed E-state index contributed by atoms with van der Waals surface area (Å²) < 4.78 is 0. The van der Waals surface area contributed by atoms with Gasteiger partial charge in [-0.3, -0.25) is 0 Å². The molecule has 12 heavy (non-hydrogen) atoms. The highest BCUT2D eigenvalue weighted by atomic mass is 16.3. The standard InChI is InChI=1S/C9H17NO2/c1-10(2)6-4-3-5-9(7-11)8-12/h3-5,11-12H,6-8H2,1-2H3/b4-3+. The zero-order chi connectivity index (χ0) is 9.40. The summed E-state index contributed by atoms with van der Waals surface area (Å²) >= 11 is 0. The van der Waals surface area contributed by atoms with Crippen LogP contribution < -0.4 is 0 Å². The molecule has 0 aliphatic rings. The van der Waals surface area contributed by atoms with E-state index in [1.54, 1.807) is 6.08 Å². The highest BCUT2D eigenvalue weighted by Gasteiger charge is 1.88. The average molecular weight is 171 g/mol. The fraction of sp³-hybridized carbons (Fsp3) is 0.556. The molecule has 3 heteroatoms. The molecular formula is C9H17NO2. The van der Waals surface area contributed by atoms with Gasteiger partial charge in [0, 0.05) is 6.54 Å². The monoisotopic (exact) mass is 171 g/mol. The van der Waals surface area contributed by atoms with Crippen LogP contribution in [0.4, 0.5) is 0 Å². The van der Waals surface area contributed by atoms with E-state index >= 15 is 0 Å². The Hall–Kier alpha value is -0.640. The van der Waals surface area contributed by atoms with E-state index in [1.165, 1.54) is 0 Å². The maximum Gasteiger partial charge on any atom is 0.0666 e. The van der Waals surface area contributed by atoms with E-state index in [4.69, 9.17) is 10.2 Å². The predicted octanol–water partition coefficient (Wildman–Crippen LogP) is 0.0152. The Bertz CT molecular complexity index is 156. The quantitative estimate of drug-likeness (QED) is 0.573. The van der Waals surface area contributed by atoms with E-state index < -0.39 is 0 Å². The van der Waals surface area contributed by atoms with Crippen LogP contribution in [0.1, 0.15) is 0 Å². The normalized spacial score (nSPS) is 11.1. The zero-order valence-electron chi connectivity index (χ0n) is 7.70. The van der Waals surface area contributed by atoms with Crippen LogP contribution in [-0.2, 0) is 0 Å². The maximum absolute atomic E-state index is 8.66. The van der Waals surface area contributed by atoms with Crippen molar-refractivity contribution in [1.29, 1.82) is 0 Å². The van der Waals surface area contributed by atoms with Crippen LogP contribution in [0.5, 0.6) is 0 Å². The van der Waals surface area contributed by atoms with E-state index in [9.17, 15) is 0 Å². The Labute approximate surface area is 73.6 Å². The van der Waals surface area contributed by atoms with Crippen LogP contribution >= 0.6 is 0 Å². The lowest BCUT2D eigenvalue weighted by Crippen LogP contribution is -2.10. The Morgan fingerprint density at radius 2 is 1.83 bits per heavy atom. The van der Waals surface area contributed by atoms with Crippen LogP contribution in [0.15, 0.2) is 23.8 Å². The molecule has 0 aliphatic heterocycles. The highest BCUT2D eigenvalue weighted by molar-refractivity contribution is 5.13. The molecule has 0 aliphatic carbocycles. The number of rotatable bonds is 5. The van der Waals surface area contributed by atoms with Crippen molar-refractivity contribution >= 4 is 0 Å². The number of nitrogens with zero attached hydrogens (tertiary/aromatic N) is 1. The van der Waals surface area contributed by atoms with Gasteiger partial charge in [0.15, 0.2) is 0 Å². The Morgan fingerprint density at radius 3 is 2.25 bits per heavy atom. The SMILES string of the molecule is CN(C)C/C=C/C=C(CO)CO. The smallest absolute Gasteiger partial charge is 0.0666 e. The third-order valence-corrected chi connectivity index (χ3v) is 1.34. The third-order valence-electron chi connectivity index (χ3n) is 1.34. The van der Waals surface area contributed by atoms with Crippen molar-refractivity contribution in [2.24, 2.45) is 0 Å². The molecule has 0 bridgehead atoms. The Morgan fingerprint density at radius 1 is 1.25 bits per heavy atom.